The van der Waals surface area contributed by atoms with E-state index in [1.807, 2.05) is 0 Å². The van der Waals surface area contributed by atoms with E-state index in [0.29, 0.717) is 0 Å². The van der Waals surface area contributed by atoms with Gasteiger partial charge in [-0.1, -0.05) is 15.9 Å². The Hall–Kier alpha value is -1.37. The molecule has 0 aromatic heterocycles. The molecule has 1 rings (SSSR count). The Morgan fingerprint density at radius 1 is 1.20 bits per heavy atom. The van der Waals surface area contributed by atoms with Crippen LogP contribution in [-0.2, 0) is 15.7 Å². The van der Waals surface area contributed by atoms with Crippen molar-refractivity contribution in [2.75, 3.05) is 0 Å². The molecule has 0 amide bonds. The van der Waals surface area contributed by atoms with Gasteiger partial charge < -0.3 is 4.74 Å². The molecule has 0 atom stereocenters. The van der Waals surface area contributed by atoms with E-state index in [0.717, 1.165) is 19.1 Å². The third-order valence-electron chi connectivity index (χ3n) is 2.48. The lowest BCUT2D eigenvalue weighted by Crippen LogP contribution is -2.37. The summed E-state index contributed by atoms with van der Waals surface area (Å²) in [4.78, 5) is 23.1. The van der Waals surface area contributed by atoms with Gasteiger partial charge in [0.05, 0.1) is 5.56 Å². The van der Waals surface area contributed by atoms with Crippen LogP contribution in [0.5, 0.6) is 0 Å². The quantitative estimate of drug-likeness (QED) is 0.610. The molecule has 0 heterocycles. The van der Waals surface area contributed by atoms with E-state index in [2.05, 4.69) is 15.9 Å². The molecule has 0 aliphatic heterocycles. The van der Waals surface area contributed by atoms with Crippen molar-refractivity contribution in [3.63, 3.8) is 0 Å². The minimum absolute atomic E-state index is 0.201. The summed E-state index contributed by atoms with van der Waals surface area (Å²) in [6.45, 7) is 3.58. The van der Waals surface area contributed by atoms with Crippen LogP contribution in [0.2, 0.25) is 0 Å². The van der Waals surface area contributed by atoms with E-state index >= 15 is 0 Å². The van der Waals surface area contributed by atoms with Crippen LogP contribution < -0.4 is 0 Å². The average Bonchev–Trinajstić information content (AvgIpc) is 2.25. The predicted molar refractivity (Wildman–Crippen MR) is 69.3 cm³/mol. The number of hydrogen-bond acceptors (Lipinski definition) is 3. The van der Waals surface area contributed by atoms with Crippen molar-refractivity contribution in [3.05, 3.63) is 33.8 Å². The number of ether oxygens (including phenoxy) is 1. The molecule has 0 spiro atoms. The van der Waals surface area contributed by atoms with Crippen LogP contribution in [0.4, 0.5) is 13.2 Å². The first-order valence-corrected chi connectivity index (χ1v) is 6.35. The number of carbonyl (C=O) groups excluding carboxylic acids is 2. The summed E-state index contributed by atoms with van der Waals surface area (Å²) in [6, 6.07) is 3.20. The Bertz CT molecular complexity index is 550. The lowest BCUT2D eigenvalue weighted by Gasteiger charge is -2.24. The number of esters is 1. The van der Waals surface area contributed by atoms with Gasteiger partial charge in [0.2, 0.25) is 5.78 Å². The molecule has 0 radical (unpaired) electrons. The van der Waals surface area contributed by atoms with Crippen LogP contribution >= 0.6 is 15.9 Å². The first-order chi connectivity index (χ1) is 8.95. The highest BCUT2D eigenvalue weighted by atomic mass is 79.9. The molecule has 0 aliphatic rings. The number of ketones is 1. The standard InChI is InChI=1S/C13H12BrF3O3/c1-7(18)20-12(2,3)11(19)9-5-4-8(14)6-10(9)13(15,16)17/h4-6H,1-3H3. The fraction of sp³-hybridized carbons (Fsp3) is 0.385. The molecule has 1 aromatic carbocycles. The molecule has 0 bridgehead atoms. The van der Waals surface area contributed by atoms with Crippen LogP contribution in [0.15, 0.2) is 22.7 Å². The normalized spacial score (nSPS) is 12.2. The first-order valence-electron chi connectivity index (χ1n) is 5.56. The van der Waals surface area contributed by atoms with Gasteiger partial charge in [0.25, 0.3) is 0 Å². The number of benzene rings is 1. The smallest absolute Gasteiger partial charge is 0.417 e. The fourth-order valence-electron chi connectivity index (χ4n) is 1.68. The van der Waals surface area contributed by atoms with Gasteiger partial charge in [0.1, 0.15) is 0 Å². The molecule has 7 heteroatoms. The Kier molecular flexibility index (Phi) is 4.63. The van der Waals surface area contributed by atoms with Crippen molar-refractivity contribution in [2.24, 2.45) is 0 Å². The second-order valence-electron chi connectivity index (χ2n) is 4.62. The lowest BCUT2D eigenvalue weighted by atomic mass is 9.92. The molecule has 110 valence electrons. The highest BCUT2D eigenvalue weighted by Gasteiger charge is 2.40. The van der Waals surface area contributed by atoms with Crippen LogP contribution in [0, 0.1) is 0 Å². The van der Waals surface area contributed by atoms with Crippen LogP contribution in [0.25, 0.3) is 0 Å². The molecular weight excluding hydrogens is 341 g/mol. The van der Waals surface area contributed by atoms with Gasteiger partial charge in [-0.2, -0.15) is 13.2 Å². The van der Waals surface area contributed by atoms with Gasteiger partial charge in [-0.25, -0.2) is 0 Å². The molecule has 20 heavy (non-hydrogen) atoms. The van der Waals surface area contributed by atoms with Gasteiger partial charge >= 0.3 is 12.1 Å². The van der Waals surface area contributed by atoms with E-state index in [9.17, 15) is 22.8 Å². The molecule has 3 nitrogen and oxygen atoms in total. The molecule has 0 aliphatic carbocycles. The Balaban J connectivity index is 3.33. The largest absolute Gasteiger partial charge is 0.451 e. The number of rotatable bonds is 3. The fourth-order valence-corrected chi connectivity index (χ4v) is 2.04. The zero-order chi connectivity index (χ0) is 15.7. The van der Waals surface area contributed by atoms with Crippen LogP contribution in [0.1, 0.15) is 36.7 Å². The predicted octanol–water partition coefficient (Wildman–Crippen LogP) is 3.99. The van der Waals surface area contributed by atoms with E-state index in [1.54, 1.807) is 0 Å². The Labute approximate surface area is 122 Å². The Morgan fingerprint density at radius 3 is 2.20 bits per heavy atom. The van der Waals surface area contributed by atoms with E-state index in [-0.39, 0.29) is 4.47 Å². The van der Waals surface area contributed by atoms with Crippen molar-refractivity contribution >= 4 is 27.7 Å². The van der Waals surface area contributed by atoms with Gasteiger partial charge in [0.15, 0.2) is 5.60 Å². The van der Waals surface area contributed by atoms with Gasteiger partial charge in [0, 0.05) is 17.0 Å². The van der Waals surface area contributed by atoms with E-state index < -0.39 is 34.7 Å². The topological polar surface area (TPSA) is 43.4 Å². The van der Waals surface area contributed by atoms with Crippen LogP contribution in [-0.4, -0.2) is 17.4 Å². The summed E-state index contributed by atoms with van der Waals surface area (Å²) < 4.78 is 43.9. The molecule has 0 fully saturated rings. The van der Waals surface area contributed by atoms with Crippen molar-refractivity contribution in [2.45, 2.75) is 32.5 Å². The SMILES string of the molecule is CC(=O)OC(C)(C)C(=O)c1ccc(Br)cc1C(F)(F)F. The van der Waals surface area contributed by atoms with Gasteiger partial charge in [-0.3, -0.25) is 9.59 Å². The number of carbonyl (C=O) groups is 2. The summed E-state index contributed by atoms with van der Waals surface area (Å²) in [5.74, 6) is -1.65. The summed E-state index contributed by atoms with van der Waals surface area (Å²) in [7, 11) is 0. The summed E-state index contributed by atoms with van der Waals surface area (Å²) in [6.07, 6.45) is -4.68. The van der Waals surface area contributed by atoms with Gasteiger partial charge in [-0.15, -0.1) is 0 Å². The maximum absolute atomic E-state index is 13.0. The Morgan fingerprint density at radius 2 is 1.75 bits per heavy atom. The molecule has 0 unspecified atom stereocenters. The number of halogens is 4. The molecule has 1 aromatic rings. The van der Waals surface area contributed by atoms with E-state index in [4.69, 9.17) is 4.74 Å². The second kappa shape index (κ2) is 5.55. The maximum Gasteiger partial charge on any atom is 0.417 e. The zero-order valence-corrected chi connectivity index (χ0v) is 12.6. The minimum atomic E-state index is -4.68. The highest BCUT2D eigenvalue weighted by molar-refractivity contribution is 9.10. The minimum Gasteiger partial charge on any atom is -0.451 e. The summed E-state index contributed by atoms with van der Waals surface area (Å²) in [5.41, 5.74) is -3.27. The lowest BCUT2D eigenvalue weighted by molar-refractivity contribution is -0.149. The molecule has 0 saturated carbocycles. The summed E-state index contributed by atoms with van der Waals surface area (Å²) >= 11 is 2.93. The number of hydrogen-bond donors (Lipinski definition) is 0. The third kappa shape index (κ3) is 3.82. The molecule has 0 N–H and O–H groups in total. The van der Waals surface area contributed by atoms with Crippen molar-refractivity contribution in [1.82, 2.24) is 0 Å². The monoisotopic (exact) mass is 352 g/mol. The van der Waals surface area contributed by atoms with Crippen molar-refractivity contribution in [1.29, 1.82) is 0 Å². The number of Topliss-reactive ketones (excluding diaryl/α,β-unsaturated/α-hetero) is 1. The van der Waals surface area contributed by atoms with Crippen molar-refractivity contribution in [3.8, 4) is 0 Å². The zero-order valence-electron chi connectivity index (χ0n) is 11.0. The highest BCUT2D eigenvalue weighted by Crippen LogP contribution is 2.35. The first kappa shape index (κ1) is 16.7. The second-order valence-corrected chi connectivity index (χ2v) is 5.54. The van der Waals surface area contributed by atoms with E-state index in [1.165, 1.54) is 19.9 Å². The maximum atomic E-state index is 13.0. The molecular formula is C13H12BrF3O3. The summed E-state index contributed by atoms with van der Waals surface area (Å²) in [5, 5.41) is 0. The van der Waals surface area contributed by atoms with Gasteiger partial charge in [-0.05, 0) is 32.0 Å². The third-order valence-corrected chi connectivity index (χ3v) is 2.97. The van der Waals surface area contributed by atoms with Crippen LogP contribution in [0.3, 0.4) is 0 Å². The number of alkyl halides is 3. The average molecular weight is 353 g/mol. The molecule has 0 saturated heterocycles. The van der Waals surface area contributed by atoms with Crippen molar-refractivity contribution < 1.29 is 27.5 Å².